The van der Waals surface area contributed by atoms with Crippen LogP contribution in [-0.4, -0.2) is 30.2 Å². The van der Waals surface area contributed by atoms with Crippen LogP contribution in [0.2, 0.25) is 0 Å². The number of rotatable bonds is 1. The maximum Gasteiger partial charge on any atom is 0.316 e. The van der Waals surface area contributed by atoms with Gasteiger partial charge in [0.15, 0.2) is 0 Å². The number of methoxy groups -OCH3 is 1. The van der Waals surface area contributed by atoms with Crippen LogP contribution >= 0.6 is 0 Å². The van der Waals surface area contributed by atoms with Gasteiger partial charge in [-0.2, -0.15) is 0 Å². The van der Waals surface area contributed by atoms with E-state index in [9.17, 15) is 14.7 Å². The molecule has 14 heavy (non-hydrogen) atoms. The van der Waals surface area contributed by atoms with Crippen LogP contribution < -0.4 is 0 Å². The highest BCUT2D eigenvalue weighted by atomic mass is 16.5. The van der Waals surface area contributed by atoms with E-state index in [1.165, 1.54) is 7.11 Å². The second-order valence-corrected chi connectivity index (χ2v) is 3.74. The molecule has 1 aliphatic carbocycles. The summed E-state index contributed by atoms with van der Waals surface area (Å²) >= 11 is 0. The SMILES string of the molecule is COC(=O)C1C(=C=O)CC(C)CC1O. The summed E-state index contributed by atoms with van der Waals surface area (Å²) in [7, 11) is 1.25. The molecule has 0 spiro atoms. The molecule has 0 aromatic heterocycles. The lowest BCUT2D eigenvalue weighted by Crippen LogP contribution is -2.36. The van der Waals surface area contributed by atoms with Gasteiger partial charge in [-0.05, 0) is 18.8 Å². The van der Waals surface area contributed by atoms with E-state index in [2.05, 4.69) is 4.74 Å². The van der Waals surface area contributed by atoms with Crippen molar-refractivity contribution in [3.63, 3.8) is 0 Å². The topological polar surface area (TPSA) is 63.6 Å². The molecule has 3 atom stereocenters. The van der Waals surface area contributed by atoms with Crippen molar-refractivity contribution >= 4 is 11.9 Å². The second kappa shape index (κ2) is 4.40. The zero-order valence-electron chi connectivity index (χ0n) is 8.32. The summed E-state index contributed by atoms with van der Waals surface area (Å²) in [6.07, 6.45) is 0.216. The van der Waals surface area contributed by atoms with E-state index < -0.39 is 18.0 Å². The van der Waals surface area contributed by atoms with Gasteiger partial charge >= 0.3 is 5.97 Å². The normalized spacial score (nSPS) is 32.2. The Bertz CT molecular complexity index is 278. The number of ether oxygens (including phenoxy) is 1. The van der Waals surface area contributed by atoms with Crippen LogP contribution in [0.3, 0.4) is 0 Å². The Balaban J connectivity index is 2.90. The van der Waals surface area contributed by atoms with Gasteiger partial charge in [0, 0.05) is 5.57 Å². The predicted molar refractivity (Wildman–Crippen MR) is 49.1 cm³/mol. The maximum atomic E-state index is 11.3. The molecule has 0 heterocycles. The highest BCUT2D eigenvalue weighted by Gasteiger charge is 2.37. The Kier molecular flexibility index (Phi) is 3.44. The van der Waals surface area contributed by atoms with Gasteiger partial charge < -0.3 is 9.84 Å². The van der Waals surface area contributed by atoms with Gasteiger partial charge in [0.25, 0.3) is 0 Å². The maximum absolute atomic E-state index is 11.3. The monoisotopic (exact) mass is 198 g/mol. The van der Waals surface area contributed by atoms with Crippen molar-refractivity contribution in [2.75, 3.05) is 7.11 Å². The summed E-state index contributed by atoms with van der Waals surface area (Å²) < 4.78 is 4.53. The number of hydrogen-bond donors (Lipinski definition) is 1. The first-order valence-corrected chi connectivity index (χ1v) is 4.60. The van der Waals surface area contributed by atoms with Gasteiger partial charge in [0.2, 0.25) is 0 Å². The molecule has 0 aliphatic heterocycles. The largest absolute Gasteiger partial charge is 0.468 e. The van der Waals surface area contributed by atoms with Crippen LogP contribution in [0.5, 0.6) is 0 Å². The van der Waals surface area contributed by atoms with E-state index in [0.717, 1.165) is 0 Å². The molecule has 0 radical (unpaired) electrons. The Morgan fingerprint density at radius 1 is 1.64 bits per heavy atom. The fourth-order valence-electron chi connectivity index (χ4n) is 1.90. The molecule has 3 unspecified atom stereocenters. The average molecular weight is 198 g/mol. The van der Waals surface area contributed by atoms with E-state index in [1.54, 1.807) is 5.94 Å². The molecule has 78 valence electrons. The minimum absolute atomic E-state index is 0.211. The average Bonchev–Trinajstić information content (AvgIpc) is 2.15. The molecule has 1 saturated carbocycles. The first-order chi connectivity index (χ1) is 6.60. The Morgan fingerprint density at radius 2 is 2.29 bits per heavy atom. The molecule has 0 aromatic rings. The van der Waals surface area contributed by atoms with Gasteiger partial charge in [-0.1, -0.05) is 6.92 Å². The van der Waals surface area contributed by atoms with E-state index in [0.29, 0.717) is 18.4 Å². The van der Waals surface area contributed by atoms with E-state index >= 15 is 0 Å². The van der Waals surface area contributed by atoms with Crippen LogP contribution in [0, 0.1) is 11.8 Å². The third kappa shape index (κ3) is 2.03. The third-order valence-corrected chi connectivity index (χ3v) is 2.56. The molecular weight excluding hydrogens is 184 g/mol. The van der Waals surface area contributed by atoms with Crippen molar-refractivity contribution in [3.8, 4) is 0 Å². The van der Waals surface area contributed by atoms with Crippen LogP contribution in [0.1, 0.15) is 19.8 Å². The number of aliphatic hydroxyl groups excluding tert-OH is 1. The minimum atomic E-state index is -0.817. The summed E-state index contributed by atoms with van der Waals surface area (Å²) in [5.74, 6) is 0.582. The predicted octanol–water partition coefficient (Wildman–Crippen LogP) is 0.324. The molecular formula is C10H14O4. The first kappa shape index (κ1) is 11.0. The van der Waals surface area contributed by atoms with E-state index in [1.807, 2.05) is 6.92 Å². The molecule has 0 bridgehead atoms. The lowest BCUT2D eigenvalue weighted by molar-refractivity contribution is -0.148. The minimum Gasteiger partial charge on any atom is -0.468 e. The highest BCUT2D eigenvalue weighted by Crippen LogP contribution is 2.32. The van der Waals surface area contributed by atoms with Crippen molar-refractivity contribution < 1.29 is 19.4 Å². The molecule has 4 nitrogen and oxygen atoms in total. The molecule has 0 saturated heterocycles. The van der Waals surface area contributed by atoms with E-state index in [4.69, 9.17) is 0 Å². The Hall–Kier alpha value is -1.12. The van der Waals surface area contributed by atoms with Crippen LogP contribution in [-0.2, 0) is 14.3 Å². The standard InChI is InChI=1S/C10H14O4/c1-6-3-7(5-11)9(8(12)4-6)10(13)14-2/h6,8-9,12H,3-4H2,1-2H3. The fourth-order valence-corrected chi connectivity index (χ4v) is 1.90. The number of carbonyl (C=O) groups is 1. The van der Waals surface area contributed by atoms with Crippen LogP contribution in [0.4, 0.5) is 0 Å². The number of hydrogen-bond acceptors (Lipinski definition) is 4. The number of esters is 1. The third-order valence-electron chi connectivity index (χ3n) is 2.56. The quantitative estimate of drug-likeness (QED) is 0.487. The Labute approximate surface area is 82.6 Å². The van der Waals surface area contributed by atoms with Gasteiger partial charge in [0.1, 0.15) is 11.9 Å². The molecule has 1 fully saturated rings. The molecule has 1 aliphatic rings. The van der Waals surface area contributed by atoms with Crippen molar-refractivity contribution in [1.29, 1.82) is 0 Å². The van der Waals surface area contributed by atoms with E-state index in [-0.39, 0.29) is 5.92 Å². The summed E-state index contributed by atoms with van der Waals surface area (Å²) in [5, 5.41) is 9.64. The van der Waals surface area contributed by atoms with Crippen molar-refractivity contribution in [1.82, 2.24) is 0 Å². The molecule has 0 aromatic carbocycles. The first-order valence-electron chi connectivity index (χ1n) is 4.60. The fraction of sp³-hybridized carbons (Fsp3) is 0.700. The molecule has 0 amide bonds. The van der Waals surface area contributed by atoms with Gasteiger partial charge in [-0.15, -0.1) is 0 Å². The summed E-state index contributed by atoms with van der Waals surface area (Å²) in [6.45, 7) is 1.92. The zero-order chi connectivity index (χ0) is 10.7. The van der Waals surface area contributed by atoms with Crippen LogP contribution in [0.15, 0.2) is 5.57 Å². The lowest BCUT2D eigenvalue weighted by Gasteiger charge is -2.29. The van der Waals surface area contributed by atoms with Crippen molar-refractivity contribution in [3.05, 3.63) is 5.57 Å². The zero-order valence-corrected chi connectivity index (χ0v) is 8.32. The van der Waals surface area contributed by atoms with Crippen LogP contribution in [0.25, 0.3) is 0 Å². The number of aliphatic hydroxyl groups is 1. The smallest absolute Gasteiger partial charge is 0.316 e. The van der Waals surface area contributed by atoms with Gasteiger partial charge in [-0.25, -0.2) is 4.79 Å². The Morgan fingerprint density at radius 3 is 2.79 bits per heavy atom. The number of carbonyl (C=O) groups excluding carboxylic acids is 2. The second-order valence-electron chi connectivity index (χ2n) is 3.74. The summed E-state index contributed by atoms with van der Waals surface area (Å²) in [4.78, 5) is 21.9. The van der Waals surface area contributed by atoms with Crippen molar-refractivity contribution in [2.24, 2.45) is 11.8 Å². The van der Waals surface area contributed by atoms with Gasteiger partial charge in [-0.3, -0.25) is 4.79 Å². The highest BCUT2D eigenvalue weighted by molar-refractivity contribution is 5.80. The molecule has 4 heteroatoms. The summed E-state index contributed by atoms with van der Waals surface area (Å²) in [5.41, 5.74) is 0.322. The lowest BCUT2D eigenvalue weighted by atomic mass is 9.77. The van der Waals surface area contributed by atoms with Crippen molar-refractivity contribution in [2.45, 2.75) is 25.9 Å². The van der Waals surface area contributed by atoms with Gasteiger partial charge in [0.05, 0.1) is 13.2 Å². The molecule has 1 N–H and O–H groups in total. The molecule has 1 rings (SSSR count). The summed E-state index contributed by atoms with van der Waals surface area (Å²) in [6, 6.07) is 0.